The van der Waals surface area contributed by atoms with Gasteiger partial charge in [-0.05, 0) is 31.1 Å². The number of rotatable bonds is 2. The fraction of sp³-hybridized carbons (Fsp3) is 1.00. The van der Waals surface area contributed by atoms with E-state index in [4.69, 9.17) is 10.2 Å². The minimum absolute atomic E-state index is 0.302. The Morgan fingerprint density at radius 3 is 1.73 bits per heavy atom. The summed E-state index contributed by atoms with van der Waals surface area (Å²) in [5, 5.41) is 17.9. The molecule has 2 unspecified atom stereocenters. The van der Waals surface area contributed by atoms with E-state index >= 15 is 0 Å². The lowest BCUT2D eigenvalue weighted by molar-refractivity contribution is 0.163. The molecule has 0 radical (unpaired) electrons. The molecule has 1 fully saturated rings. The van der Waals surface area contributed by atoms with Crippen molar-refractivity contribution >= 4 is 0 Å². The summed E-state index contributed by atoms with van der Waals surface area (Å²) in [6.07, 6.45) is 5.76. The number of aliphatic hydroxyl groups is 2. The first kappa shape index (κ1) is 9.01. The van der Waals surface area contributed by atoms with Gasteiger partial charge >= 0.3 is 0 Å². The van der Waals surface area contributed by atoms with E-state index in [2.05, 4.69) is 0 Å². The lowest BCUT2D eigenvalue weighted by Crippen LogP contribution is -2.12. The van der Waals surface area contributed by atoms with Gasteiger partial charge in [0.2, 0.25) is 0 Å². The highest BCUT2D eigenvalue weighted by atomic mass is 16.3. The van der Waals surface area contributed by atoms with Crippen LogP contribution >= 0.6 is 0 Å². The molecule has 2 atom stereocenters. The Kier molecular flexibility index (Phi) is 3.87. The molecule has 0 aromatic carbocycles. The topological polar surface area (TPSA) is 40.5 Å². The molecule has 0 aromatic rings. The number of hydrogen-bond donors (Lipinski definition) is 2. The van der Waals surface area contributed by atoms with E-state index in [-0.39, 0.29) is 0 Å². The van der Waals surface area contributed by atoms with Gasteiger partial charge in [-0.3, -0.25) is 0 Å². The van der Waals surface area contributed by atoms with Crippen molar-refractivity contribution in [2.45, 2.75) is 32.1 Å². The van der Waals surface area contributed by atoms with Gasteiger partial charge in [0.25, 0.3) is 0 Å². The maximum Gasteiger partial charge on any atom is 0.0459 e. The van der Waals surface area contributed by atoms with Crippen LogP contribution in [0.2, 0.25) is 0 Å². The Morgan fingerprint density at radius 2 is 1.36 bits per heavy atom. The summed E-state index contributed by atoms with van der Waals surface area (Å²) in [6.45, 7) is 0.604. The van der Waals surface area contributed by atoms with Crippen LogP contribution in [0.5, 0.6) is 0 Å². The lowest BCUT2D eigenvalue weighted by Gasteiger charge is -2.15. The smallest absolute Gasteiger partial charge is 0.0459 e. The highest BCUT2D eigenvalue weighted by Gasteiger charge is 2.18. The van der Waals surface area contributed by atoms with Crippen LogP contribution in [-0.4, -0.2) is 23.4 Å². The van der Waals surface area contributed by atoms with Gasteiger partial charge in [0.1, 0.15) is 0 Å². The molecule has 0 aromatic heterocycles. The van der Waals surface area contributed by atoms with Gasteiger partial charge in [-0.25, -0.2) is 0 Å². The molecule has 2 N–H and O–H groups in total. The third-order valence-corrected chi connectivity index (χ3v) is 2.66. The first-order valence-corrected chi connectivity index (χ1v) is 4.58. The predicted octanol–water partition coefficient (Wildman–Crippen LogP) is 1.17. The summed E-state index contributed by atoms with van der Waals surface area (Å²) < 4.78 is 0. The molecule has 0 bridgehead atoms. The maximum absolute atomic E-state index is 8.95. The van der Waals surface area contributed by atoms with Crippen LogP contribution in [0, 0.1) is 11.8 Å². The summed E-state index contributed by atoms with van der Waals surface area (Å²) >= 11 is 0. The molecule has 1 rings (SSSR count). The zero-order chi connectivity index (χ0) is 8.10. The van der Waals surface area contributed by atoms with Crippen LogP contribution in [-0.2, 0) is 0 Å². The Bertz CT molecular complexity index is 91.7. The Morgan fingerprint density at radius 1 is 0.909 bits per heavy atom. The van der Waals surface area contributed by atoms with Crippen molar-refractivity contribution in [3.63, 3.8) is 0 Å². The number of aliphatic hydroxyl groups excluding tert-OH is 2. The molecule has 1 saturated carbocycles. The van der Waals surface area contributed by atoms with Crippen LogP contribution in [0.4, 0.5) is 0 Å². The van der Waals surface area contributed by atoms with Gasteiger partial charge < -0.3 is 10.2 Å². The zero-order valence-corrected chi connectivity index (χ0v) is 7.00. The molecule has 0 saturated heterocycles. The van der Waals surface area contributed by atoms with Crippen LogP contribution < -0.4 is 0 Å². The van der Waals surface area contributed by atoms with Gasteiger partial charge in [0.05, 0.1) is 0 Å². The molecule has 66 valence electrons. The van der Waals surface area contributed by atoms with E-state index in [1.807, 2.05) is 0 Å². The SMILES string of the molecule is OCC1CCCCC(CO)C1. The van der Waals surface area contributed by atoms with Crippen LogP contribution in [0.25, 0.3) is 0 Å². The van der Waals surface area contributed by atoms with E-state index in [0.29, 0.717) is 25.0 Å². The first-order chi connectivity index (χ1) is 5.36. The fourth-order valence-corrected chi connectivity index (χ4v) is 1.90. The van der Waals surface area contributed by atoms with Crippen molar-refractivity contribution in [1.29, 1.82) is 0 Å². The van der Waals surface area contributed by atoms with Crippen molar-refractivity contribution in [1.82, 2.24) is 0 Å². The van der Waals surface area contributed by atoms with E-state index in [0.717, 1.165) is 19.3 Å². The fourth-order valence-electron chi connectivity index (χ4n) is 1.90. The molecule has 2 heteroatoms. The van der Waals surface area contributed by atoms with E-state index in [1.54, 1.807) is 0 Å². The normalized spacial score (nSPS) is 33.3. The average Bonchev–Trinajstić information content (AvgIpc) is 2.28. The second kappa shape index (κ2) is 4.73. The highest BCUT2D eigenvalue weighted by molar-refractivity contribution is 4.70. The second-order valence-corrected chi connectivity index (χ2v) is 3.62. The summed E-state index contributed by atoms with van der Waals surface area (Å²) in [5.74, 6) is 0.907. The van der Waals surface area contributed by atoms with Gasteiger partial charge in [-0.1, -0.05) is 12.8 Å². The molecule has 11 heavy (non-hydrogen) atoms. The zero-order valence-electron chi connectivity index (χ0n) is 7.00. The van der Waals surface area contributed by atoms with Crippen molar-refractivity contribution in [2.24, 2.45) is 11.8 Å². The maximum atomic E-state index is 8.95. The molecule has 0 heterocycles. The van der Waals surface area contributed by atoms with Crippen molar-refractivity contribution in [3.8, 4) is 0 Å². The minimum Gasteiger partial charge on any atom is -0.396 e. The summed E-state index contributed by atoms with van der Waals surface area (Å²) in [6, 6.07) is 0. The standard InChI is InChI=1S/C9H18O2/c10-6-8-3-1-2-4-9(5-8)7-11/h8-11H,1-7H2. The predicted molar refractivity (Wildman–Crippen MR) is 44.2 cm³/mol. The molecular formula is C9H18O2. The van der Waals surface area contributed by atoms with E-state index in [9.17, 15) is 0 Å². The lowest BCUT2D eigenvalue weighted by atomic mass is 9.94. The van der Waals surface area contributed by atoms with Crippen molar-refractivity contribution < 1.29 is 10.2 Å². The van der Waals surface area contributed by atoms with Crippen LogP contribution in [0.3, 0.4) is 0 Å². The quantitative estimate of drug-likeness (QED) is 0.592. The van der Waals surface area contributed by atoms with Crippen molar-refractivity contribution in [3.05, 3.63) is 0 Å². The summed E-state index contributed by atoms with van der Waals surface area (Å²) in [7, 11) is 0. The van der Waals surface area contributed by atoms with E-state index < -0.39 is 0 Å². The van der Waals surface area contributed by atoms with Crippen LogP contribution in [0.1, 0.15) is 32.1 Å². The third kappa shape index (κ3) is 2.80. The van der Waals surface area contributed by atoms with Gasteiger partial charge in [-0.2, -0.15) is 0 Å². The third-order valence-electron chi connectivity index (χ3n) is 2.66. The molecule has 2 nitrogen and oxygen atoms in total. The molecule has 1 aliphatic rings. The van der Waals surface area contributed by atoms with Crippen molar-refractivity contribution in [2.75, 3.05) is 13.2 Å². The molecule has 0 amide bonds. The molecule has 0 spiro atoms. The molecule has 1 aliphatic carbocycles. The van der Waals surface area contributed by atoms with Crippen LogP contribution in [0.15, 0.2) is 0 Å². The Balaban J connectivity index is 2.33. The molecular weight excluding hydrogens is 140 g/mol. The first-order valence-electron chi connectivity index (χ1n) is 4.58. The Labute approximate surface area is 68.2 Å². The second-order valence-electron chi connectivity index (χ2n) is 3.62. The van der Waals surface area contributed by atoms with Gasteiger partial charge in [0.15, 0.2) is 0 Å². The van der Waals surface area contributed by atoms with E-state index in [1.165, 1.54) is 12.8 Å². The summed E-state index contributed by atoms with van der Waals surface area (Å²) in [5.41, 5.74) is 0. The number of hydrogen-bond acceptors (Lipinski definition) is 2. The summed E-state index contributed by atoms with van der Waals surface area (Å²) in [4.78, 5) is 0. The largest absolute Gasteiger partial charge is 0.396 e. The van der Waals surface area contributed by atoms with Gasteiger partial charge in [-0.15, -0.1) is 0 Å². The Hall–Kier alpha value is -0.0800. The minimum atomic E-state index is 0.302. The monoisotopic (exact) mass is 158 g/mol. The average molecular weight is 158 g/mol. The van der Waals surface area contributed by atoms with Gasteiger partial charge in [0, 0.05) is 13.2 Å². The highest BCUT2D eigenvalue weighted by Crippen LogP contribution is 2.26. The molecule has 0 aliphatic heterocycles.